The summed E-state index contributed by atoms with van der Waals surface area (Å²) in [6.45, 7) is 1.53. The number of fused-ring (bicyclic) bond motifs is 1. The van der Waals surface area contributed by atoms with Gasteiger partial charge in [0.25, 0.3) is 0 Å². The summed E-state index contributed by atoms with van der Waals surface area (Å²) in [6.07, 6.45) is 4.86. The van der Waals surface area contributed by atoms with Gasteiger partial charge in [0, 0.05) is 29.7 Å². The summed E-state index contributed by atoms with van der Waals surface area (Å²) in [7, 11) is 0. The maximum atomic E-state index is 10.9. The molecule has 3 heterocycles. The van der Waals surface area contributed by atoms with Crippen LogP contribution in [0.25, 0.3) is 5.57 Å². The molecule has 2 fully saturated rings. The van der Waals surface area contributed by atoms with Crippen LogP contribution in [0.2, 0.25) is 5.02 Å². The predicted molar refractivity (Wildman–Crippen MR) is 128 cm³/mol. The standard InChI is InChI=1S/C24H22ClN5OS/c25-17-5-3-15(19(9-17)13-1-2-13)8-20(14-4-6-21-16(7-14)10-27-29-21)22-23(31)28-24(32-22)30-11-18(26)12-30/h3-7,9-10,13,18,31H,1-2,8,11-12,26H2. The molecule has 6 nitrogen and oxygen atoms in total. The summed E-state index contributed by atoms with van der Waals surface area (Å²) in [5, 5.41) is 22.5. The third-order valence-electron chi connectivity index (χ3n) is 6.28. The van der Waals surface area contributed by atoms with E-state index in [-0.39, 0.29) is 11.9 Å². The number of aromatic nitrogens is 1. The van der Waals surface area contributed by atoms with Crippen molar-refractivity contribution in [2.24, 2.45) is 15.9 Å². The fourth-order valence-corrected chi connectivity index (χ4v) is 5.62. The van der Waals surface area contributed by atoms with Crippen LogP contribution in [-0.4, -0.2) is 35.4 Å². The third kappa shape index (κ3) is 3.60. The minimum absolute atomic E-state index is 0.0706. The Morgan fingerprint density at radius 2 is 2.03 bits per heavy atom. The van der Waals surface area contributed by atoms with E-state index in [1.807, 2.05) is 12.1 Å². The number of nitrogens with two attached hydrogens (primary N) is 1. The SMILES string of the molecule is NC1CN(c2nc(O)c(C(Cc3ccc(Cl)cc3C3CC3)=c3ccc4c(c3)C=NN=4)s2)C1. The smallest absolute Gasteiger partial charge is 0.231 e. The number of hydrogen-bond donors (Lipinski definition) is 2. The molecule has 0 radical (unpaired) electrons. The van der Waals surface area contributed by atoms with Crippen molar-refractivity contribution in [3.8, 4) is 5.88 Å². The van der Waals surface area contributed by atoms with Gasteiger partial charge >= 0.3 is 0 Å². The van der Waals surface area contributed by atoms with E-state index in [2.05, 4.69) is 44.4 Å². The van der Waals surface area contributed by atoms with Crippen molar-refractivity contribution in [2.75, 3.05) is 18.0 Å². The average Bonchev–Trinajstić information content (AvgIpc) is 3.38. The Balaban J connectivity index is 1.49. The molecular formula is C24H22ClN5OS. The number of anilines is 1. The molecule has 0 atom stereocenters. The number of halogens is 1. The van der Waals surface area contributed by atoms with Crippen molar-refractivity contribution < 1.29 is 5.11 Å². The lowest BCUT2D eigenvalue weighted by Gasteiger charge is -2.36. The van der Waals surface area contributed by atoms with Crippen LogP contribution in [0.1, 0.15) is 40.3 Å². The van der Waals surface area contributed by atoms with Gasteiger partial charge in [-0.15, -0.1) is 0 Å². The molecular weight excluding hydrogens is 442 g/mol. The van der Waals surface area contributed by atoms with Gasteiger partial charge in [-0.05, 0) is 71.4 Å². The largest absolute Gasteiger partial charge is 0.492 e. The molecule has 2 aliphatic heterocycles. The maximum absolute atomic E-state index is 10.9. The fourth-order valence-electron chi connectivity index (χ4n) is 4.40. The average molecular weight is 464 g/mol. The van der Waals surface area contributed by atoms with Gasteiger partial charge in [0.2, 0.25) is 5.88 Å². The van der Waals surface area contributed by atoms with E-state index >= 15 is 0 Å². The zero-order valence-corrected chi connectivity index (χ0v) is 18.9. The highest BCUT2D eigenvalue weighted by Gasteiger charge is 2.29. The molecule has 0 amide bonds. The normalized spacial score (nSPS) is 18.4. The molecule has 8 heteroatoms. The van der Waals surface area contributed by atoms with Gasteiger partial charge in [0.1, 0.15) is 0 Å². The van der Waals surface area contributed by atoms with Crippen LogP contribution in [0.4, 0.5) is 5.13 Å². The number of hydrogen-bond acceptors (Lipinski definition) is 7. The minimum Gasteiger partial charge on any atom is -0.492 e. The first kappa shape index (κ1) is 19.9. The molecule has 1 aliphatic carbocycles. The highest BCUT2D eigenvalue weighted by Crippen LogP contribution is 2.44. The van der Waals surface area contributed by atoms with Gasteiger partial charge in [-0.1, -0.05) is 35.1 Å². The minimum atomic E-state index is 0.0706. The van der Waals surface area contributed by atoms with Crippen molar-refractivity contribution in [3.05, 3.63) is 73.6 Å². The van der Waals surface area contributed by atoms with Crippen molar-refractivity contribution >= 4 is 39.9 Å². The lowest BCUT2D eigenvalue weighted by atomic mass is 9.94. The summed E-state index contributed by atoms with van der Waals surface area (Å²) < 4.78 is 0. The number of thiazole rings is 1. The second kappa shape index (κ2) is 7.69. The van der Waals surface area contributed by atoms with Crippen LogP contribution in [0.5, 0.6) is 5.88 Å². The van der Waals surface area contributed by atoms with Crippen LogP contribution in [0.15, 0.2) is 46.6 Å². The third-order valence-corrected chi connectivity index (χ3v) is 7.68. The fraction of sp³-hybridized carbons (Fsp3) is 0.292. The van der Waals surface area contributed by atoms with Crippen molar-refractivity contribution in [1.29, 1.82) is 0 Å². The first-order valence-corrected chi connectivity index (χ1v) is 12.0. The summed E-state index contributed by atoms with van der Waals surface area (Å²) >= 11 is 7.85. The van der Waals surface area contributed by atoms with Crippen molar-refractivity contribution in [2.45, 2.75) is 31.2 Å². The molecule has 1 aromatic heterocycles. The summed E-state index contributed by atoms with van der Waals surface area (Å²) in [6, 6.07) is 12.5. The molecule has 6 rings (SSSR count). The topological polar surface area (TPSA) is 87.1 Å². The number of nitrogens with zero attached hydrogens (tertiary/aromatic N) is 4. The summed E-state index contributed by atoms with van der Waals surface area (Å²) in [5.41, 5.74) is 10.5. The molecule has 3 aliphatic rings. The predicted octanol–water partition coefficient (Wildman–Crippen LogP) is 2.94. The lowest BCUT2D eigenvalue weighted by Crippen LogP contribution is -2.55. The first-order chi connectivity index (χ1) is 15.5. The Morgan fingerprint density at radius 1 is 1.19 bits per heavy atom. The molecule has 3 N–H and O–H groups in total. The molecule has 1 saturated heterocycles. The van der Waals surface area contributed by atoms with E-state index in [4.69, 9.17) is 17.3 Å². The van der Waals surface area contributed by atoms with Crippen LogP contribution in [-0.2, 0) is 6.42 Å². The number of rotatable bonds is 5. The molecule has 3 aromatic rings. The highest BCUT2D eigenvalue weighted by atomic mass is 35.5. The molecule has 0 bridgehead atoms. The molecule has 0 spiro atoms. The molecule has 0 unspecified atom stereocenters. The summed E-state index contributed by atoms with van der Waals surface area (Å²) in [4.78, 5) is 7.38. The van der Waals surface area contributed by atoms with E-state index in [1.165, 1.54) is 35.3 Å². The van der Waals surface area contributed by atoms with Crippen LogP contribution in [0.3, 0.4) is 0 Å². The van der Waals surface area contributed by atoms with Gasteiger partial charge in [-0.3, -0.25) is 0 Å². The Kier molecular flexibility index (Phi) is 4.78. The van der Waals surface area contributed by atoms with Gasteiger partial charge in [0.05, 0.1) is 16.4 Å². The van der Waals surface area contributed by atoms with Gasteiger partial charge in [-0.25, -0.2) is 0 Å². The van der Waals surface area contributed by atoms with E-state index in [0.717, 1.165) is 49.8 Å². The van der Waals surface area contributed by atoms with E-state index in [0.29, 0.717) is 12.3 Å². The molecule has 162 valence electrons. The Hall–Kier alpha value is -2.74. The molecule has 32 heavy (non-hydrogen) atoms. The van der Waals surface area contributed by atoms with E-state index in [1.54, 1.807) is 6.21 Å². The number of benzene rings is 2. The van der Waals surface area contributed by atoms with Crippen molar-refractivity contribution in [1.82, 2.24) is 4.98 Å². The van der Waals surface area contributed by atoms with E-state index in [9.17, 15) is 5.11 Å². The quantitative estimate of drug-likeness (QED) is 0.609. The molecule has 1 saturated carbocycles. The second-order valence-electron chi connectivity index (χ2n) is 8.71. The lowest BCUT2D eigenvalue weighted by molar-refractivity contribution is 0.452. The Labute approximate surface area is 194 Å². The monoisotopic (exact) mass is 463 g/mol. The van der Waals surface area contributed by atoms with Crippen LogP contribution >= 0.6 is 22.9 Å². The Bertz CT molecular complexity index is 1370. The van der Waals surface area contributed by atoms with Gasteiger partial charge < -0.3 is 15.7 Å². The molecule has 2 aromatic carbocycles. The maximum Gasteiger partial charge on any atom is 0.231 e. The van der Waals surface area contributed by atoms with Gasteiger partial charge in [0.15, 0.2) is 5.13 Å². The number of aromatic hydroxyl groups is 1. The van der Waals surface area contributed by atoms with Crippen LogP contribution in [0, 0.1) is 0 Å². The highest BCUT2D eigenvalue weighted by molar-refractivity contribution is 7.17. The second-order valence-corrected chi connectivity index (χ2v) is 10.1. The van der Waals surface area contributed by atoms with E-state index < -0.39 is 0 Å². The first-order valence-electron chi connectivity index (χ1n) is 10.8. The van der Waals surface area contributed by atoms with Crippen molar-refractivity contribution in [3.63, 3.8) is 0 Å². The van der Waals surface area contributed by atoms with Crippen LogP contribution < -0.4 is 21.2 Å². The van der Waals surface area contributed by atoms with Gasteiger partial charge in [-0.2, -0.15) is 15.2 Å². The summed E-state index contributed by atoms with van der Waals surface area (Å²) in [5.74, 6) is 0.644. The zero-order valence-electron chi connectivity index (χ0n) is 17.3. The zero-order chi connectivity index (χ0) is 21.8. The Morgan fingerprint density at radius 3 is 2.81 bits per heavy atom.